The van der Waals surface area contributed by atoms with E-state index >= 15 is 0 Å². The highest BCUT2D eigenvalue weighted by Gasteiger charge is 2.29. The van der Waals surface area contributed by atoms with E-state index in [9.17, 15) is 9.18 Å². The van der Waals surface area contributed by atoms with Gasteiger partial charge in [-0.25, -0.2) is 4.39 Å². The molecule has 0 radical (unpaired) electrons. The van der Waals surface area contributed by atoms with E-state index in [1.54, 1.807) is 12.1 Å². The van der Waals surface area contributed by atoms with Crippen molar-refractivity contribution in [1.82, 2.24) is 15.1 Å². The number of benzene rings is 2. The maximum atomic E-state index is 14.3. The van der Waals surface area contributed by atoms with E-state index in [1.165, 1.54) is 11.6 Å². The summed E-state index contributed by atoms with van der Waals surface area (Å²) in [5.74, 6) is -0.290. The summed E-state index contributed by atoms with van der Waals surface area (Å²) in [7, 11) is 0. The van der Waals surface area contributed by atoms with Crippen molar-refractivity contribution in [2.75, 3.05) is 44.2 Å². The molecule has 0 aliphatic carbocycles. The van der Waals surface area contributed by atoms with Gasteiger partial charge in [-0.1, -0.05) is 30.3 Å². The van der Waals surface area contributed by atoms with Gasteiger partial charge in [0, 0.05) is 51.9 Å². The Balaban J connectivity index is 1.21. The predicted octanol–water partition coefficient (Wildman–Crippen LogP) is 2.99. The number of halogens is 1. The average molecular weight is 450 g/mol. The number of carbonyl (C=O) groups is 1. The van der Waals surface area contributed by atoms with Crippen molar-refractivity contribution in [2.24, 2.45) is 0 Å². The van der Waals surface area contributed by atoms with Crippen LogP contribution < -0.4 is 10.2 Å². The van der Waals surface area contributed by atoms with Crippen LogP contribution in [0, 0.1) is 17.1 Å². The molecule has 2 saturated heterocycles. The molecule has 4 rings (SSSR count). The van der Waals surface area contributed by atoms with Crippen molar-refractivity contribution < 1.29 is 9.18 Å². The first kappa shape index (κ1) is 23.2. The fraction of sp³-hybridized carbons (Fsp3) is 0.462. The minimum Gasteiger partial charge on any atom is -0.367 e. The SMILES string of the molecule is CC(C(=O)NC1CCN(Cc2ccccc2)CC1)N1CCN(c2ccc(C#N)cc2F)CC1. The second-order valence-electron chi connectivity index (χ2n) is 9.02. The molecule has 1 amide bonds. The summed E-state index contributed by atoms with van der Waals surface area (Å²) < 4.78 is 14.3. The average Bonchev–Trinajstić information content (AvgIpc) is 2.85. The van der Waals surface area contributed by atoms with E-state index in [1.807, 2.05) is 24.0 Å². The van der Waals surface area contributed by atoms with Gasteiger partial charge in [-0.05, 0) is 43.5 Å². The number of amides is 1. The zero-order valence-corrected chi connectivity index (χ0v) is 19.2. The van der Waals surface area contributed by atoms with E-state index in [2.05, 4.69) is 39.4 Å². The van der Waals surface area contributed by atoms with Gasteiger partial charge >= 0.3 is 0 Å². The molecule has 6 nitrogen and oxygen atoms in total. The number of anilines is 1. The summed E-state index contributed by atoms with van der Waals surface area (Å²) in [5, 5.41) is 12.2. The van der Waals surface area contributed by atoms with Crippen LogP contribution in [-0.2, 0) is 11.3 Å². The Morgan fingerprint density at radius 2 is 1.79 bits per heavy atom. The lowest BCUT2D eigenvalue weighted by molar-refractivity contribution is -0.127. The third-order valence-electron chi connectivity index (χ3n) is 6.84. The topological polar surface area (TPSA) is 62.6 Å². The molecule has 0 bridgehead atoms. The van der Waals surface area contributed by atoms with E-state index in [-0.39, 0.29) is 23.8 Å². The zero-order chi connectivity index (χ0) is 23.2. The summed E-state index contributed by atoms with van der Waals surface area (Å²) in [6, 6.07) is 17.1. The largest absolute Gasteiger partial charge is 0.367 e. The first-order valence-corrected chi connectivity index (χ1v) is 11.8. The van der Waals surface area contributed by atoms with Crippen LogP contribution in [0.4, 0.5) is 10.1 Å². The second-order valence-corrected chi connectivity index (χ2v) is 9.02. The molecule has 0 aromatic heterocycles. The number of nitrogens with zero attached hydrogens (tertiary/aromatic N) is 4. The highest BCUT2D eigenvalue weighted by atomic mass is 19.1. The van der Waals surface area contributed by atoms with Crippen LogP contribution in [0.2, 0.25) is 0 Å². The van der Waals surface area contributed by atoms with Gasteiger partial charge in [0.15, 0.2) is 0 Å². The number of rotatable bonds is 6. The van der Waals surface area contributed by atoms with Crippen molar-refractivity contribution in [1.29, 1.82) is 5.26 Å². The van der Waals surface area contributed by atoms with E-state index < -0.39 is 0 Å². The minimum absolute atomic E-state index is 0.0783. The van der Waals surface area contributed by atoms with Gasteiger partial charge in [0.1, 0.15) is 5.82 Å². The quantitative estimate of drug-likeness (QED) is 0.735. The lowest BCUT2D eigenvalue weighted by atomic mass is 10.0. The summed E-state index contributed by atoms with van der Waals surface area (Å²) in [4.78, 5) is 19.5. The first-order valence-electron chi connectivity index (χ1n) is 11.8. The standard InChI is InChI=1S/C26H32FN5O/c1-20(31-13-15-32(16-14-31)25-8-7-22(18-28)17-24(25)27)26(33)29-23-9-11-30(12-10-23)19-21-5-3-2-4-6-21/h2-8,17,20,23H,9-16,19H2,1H3,(H,29,33). The molecule has 174 valence electrons. The molecule has 2 aliphatic heterocycles. The molecular formula is C26H32FN5O. The third-order valence-corrected chi connectivity index (χ3v) is 6.84. The molecule has 1 atom stereocenters. The Hall–Kier alpha value is -2.95. The highest BCUT2D eigenvalue weighted by Crippen LogP contribution is 2.22. The molecule has 1 unspecified atom stereocenters. The lowest BCUT2D eigenvalue weighted by Crippen LogP contribution is -2.56. The Kier molecular flexibility index (Phi) is 7.58. The van der Waals surface area contributed by atoms with Gasteiger partial charge in [-0.15, -0.1) is 0 Å². The fourth-order valence-electron chi connectivity index (χ4n) is 4.75. The molecular weight excluding hydrogens is 417 g/mol. The number of hydrogen-bond donors (Lipinski definition) is 1. The number of nitrogens with one attached hydrogen (secondary N) is 1. The van der Waals surface area contributed by atoms with Gasteiger partial charge in [-0.3, -0.25) is 14.6 Å². The van der Waals surface area contributed by atoms with E-state index in [0.29, 0.717) is 37.4 Å². The fourth-order valence-corrected chi connectivity index (χ4v) is 4.75. The number of piperazine rings is 1. The zero-order valence-electron chi connectivity index (χ0n) is 19.2. The molecule has 2 fully saturated rings. The molecule has 0 saturated carbocycles. The molecule has 33 heavy (non-hydrogen) atoms. The number of hydrogen-bond acceptors (Lipinski definition) is 5. The van der Waals surface area contributed by atoms with Crippen LogP contribution >= 0.6 is 0 Å². The Morgan fingerprint density at radius 3 is 2.42 bits per heavy atom. The Bertz CT molecular complexity index is 976. The second kappa shape index (κ2) is 10.8. The van der Waals surface area contributed by atoms with Gasteiger partial charge in [0.05, 0.1) is 23.4 Å². The molecule has 2 aliphatic rings. The van der Waals surface area contributed by atoms with Crippen molar-refractivity contribution in [2.45, 2.75) is 38.4 Å². The molecule has 2 heterocycles. The van der Waals surface area contributed by atoms with Crippen LogP contribution in [0.1, 0.15) is 30.9 Å². The van der Waals surface area contributed by atoms with Crippen molar-refractivity contribution in [3.8, 4) is 6.07 Å². The van der Waals surface area contributed by atoms with Gasteiger partial charge in [0.25, 0.3) is 0 Å². The van der Waals surface area contributed by atoms with Crippen LogP contribution in [0.15, 0.2) is 48.5 Å². The minimum atomic E-state index is -0.369. The van der Waals surface area contributed by atoms with E-state index in [4.69, 9.17) is 5.26 Å². The van der Waals surface area contributed by atoms with Crippen LogP contribution in [-0.4, -0.2) is 67.1 Å². The maximum absolute atomic E-state index is 14.3. The molecule has 2 aromatic carbocycles. The van der Waals surface area contributed by atoms with Gasteiger partial charge < -0.3 is 10.2 Å². The predicted molar refractivity (Wildman–Crippen MR) is 127 cm³/mol. The summed E-state index contributed by atoms with van der Waals surface area (Å²) in [5.41, 5.74) is 2.17. The first-order chi connectivity index (χ1) is 16.0. The monoisotopic (exact) mass is 449 g/mol. The number of likely N-dealkylation sites (tertiary alicyclic amines) is 1. The van der Waals surface area contributed by atoms with Crippen LogP contribution in [0.5, 0.6) is 0 Å². The highest BCUT2D eigenvalue weighted by molar-refractivity contribution is 5.81. The van der Waals surface area contributed by atoms with Crippen molar-refractivity contribution >= 4 is 11.6 Å². The summed E-state index contributed by atoms with van der Waals surface area (Å²) >= 11 is 0. The summed E-state index contributed by atoms with van der Waals surface area (Å²) in [6.07, 6.45) is 1.94. The third kappa shape index (κ3) is 5.89. The number of piperidine rings is 1. The van der Waals surface area contributed by atoms with Crippen LogP contribution in [0.25, 0.3) is 0 Å². The smallest absolute Gasteiger partial charge is 0.237 e. The summed E-state index contributed by atoms with van der Waals surface area (Å²) in [6.45, 7) is 7.59. The molecule has 0 spiro atoms. The van der Waals surface area contributed by atoms with Gasteiger partial charge in [0.2, 0.25) is 5.91 Å². The van der Waals surface area contributed by atoms with E-state index in [0.717, 1.165) is 32.5 Å². The lowest BCUT2D eigenvalue weighted by Gasteiger charge is -2.39. The molecule has 7 heteroatoms. The van der Waals surface area contributed by atoms with Crippen molar-refractivity contribution in [3.63, 3.8) is 0 Å². The molecule has 2 aromatic rings. The van der Waals surface area contributed by atoms with Gasteiger partial charge in [-0.2, -0.15) is 5.26 Å². The maximum Gasteiger partial charge on any atom is 0.237 e. The molecule has 1 N–H and O–H groups in total. The number of carbonyl (C=O) groups excluding carboxylic acids is 1. The normalized spacial score (nSPS) is 19.1. The van der Waals surface area contributed by atoms with Crippen LogP contribution in [0.3, 0.4) is 0 Å². The van der Waals surface area contributed by atoms with Crippen molar-refractivity contribution in [3.05, 3.63) is 65.5 Å². The number of nitriles is 1. The Labute approximate surface area is 195 Å². The Morgan fingerprint density at radius 1 is 1.09 bits per heavy atom.